The van der Waals surface area contributed by atoms with Crippen molar-refractivity contribution in [2.24, 2.45) is 0 Å². The van der Waals surface area contributed by atoms with Crippen LogP contribution in [0.4, 0.5) is 4.39 Å². The number of nitrogens with one attached hydrogen (secondary N) is 1. The molecule has 0 aliphatic carbocycles. The first kappa shape index (κ1) is 23.8. The van der Waals surface area contributed by atoms with Gasteiger partial charge in [0.2, 0.25) is 5.91 Å². The highest BCUT2D eigenvalue weighted by molar-refractivity contribution is 5.76. The summed E-state index contributed by atoms with van der Waals surface area (Å²) < 4.78 is 25.7. The molecule has 0 bridgehead atoms. The van der Waals surface area contributed by atoms with Crippen molar-refractivity contribution in [3.8, 4) is 0 Å². The van der Waals surface area contributed by atoms with E-state index in [2.05, 4.69) is 15.2 Å². The van der Waals surface area contributed by atoms with Crippen LogP contribution < -0.4 is 5.32 Å². The molecule has 7 nitrogen and oxygen atoms in total. The molecule has 1 aromatic heterocycles. The second kappa shape index (κ2) is 11.7. The van der Waals surface area contributed by atoms with Gasteiger partial charge in [0.1, 0.15) is 5.82 Å². The first-order valence-electron chi connectivity index (χ1n) is 11.6. The largest absolute Gasteiger partial charge is 0.389 e. The summed E-state index contributed by atoms with van der Waals surface area (Å²) >= 11 is 0. The molecular formula is C25H32FN3O4. The number of aliphatic hydroxyl groups is 1. The number of aliphatic hydroxyl groups excluding tert-OH is 1. The van der Waals surface area contributed by atoms with Crippen LogP contribution in [0.1, 0.15) is 30.4 Å². The lowest BCUT2D eigenvalue weighted by molar-refractivity contribution is -0.158. The quantitative estimate of drug-likeness (QED) is 0.663. The smallest absolute Gasteiger partial charge is 0.222 e. The molecule has 0 radical (unpaired) electrons. The molecule has 178 valence electrons. The van der Waals surface area contributed by atoms with Gasteiger partial charge in [0.15, 0.2) is 0 Å². The predicted molar refractivity (Wildman–Crippen MR) is 121 cm³/mol. The molecule has 0 saturated carbocycles. The first-order chi connectivity index (χ1) is 16.1. The monoisotopic (exact) mass is 457 g/mol. The van der Waals surface area contributed by atoms with Crippen LogP contribution in [0.15, 0.2) is 48.8 Å². The molecule has 0 unspecified atom stereocenters. The number of ether oxygens (including phenoxy) is 2. The molecule has 1 aromatic carbocycles. The van der Waals surface area contributed by atoms with Gasteiger partial charge in [-0.25, -0.2) is 4.39 Å². The third kappa shape index (κ3) is 7.04. The van der Waals surface area contributed by atoms with Crippen molar-refractivity contribution in [1.82, 2.24) is 15.2 Å². The van der Waals surface area contributed by atoms with E-state index in [1.807, 2.05) is 18.2 Å². The summed E-state index contributed by atoms with van der Waals surface area (Å²) in [4.78, 5) is 18.6. The van der Waals surface area contributed by atoms with Crippen LogP contribution in [-0.2, 0) is 27.2 Å². The first-order valence-corrected chi connectivity index (χ1v) is 11.6. The zero-order valence-electron chi connectivity index (χ0n) is 18.7. The second-order valence-corrected chi connectivity index (χ2v) is 8.85. The molecular weight excluding hydrogens is 425 g/mol. The zero-order chi connectivity index (χ0) is 23.0. The third-order valence-electron chi connectivity index (χ3n) is 6.26. The van der Waals surface area contributed by atoms with E-state index in [0.717, 1.165) is 30.4 Å². The van der Waals surface area contributed by atoms with Gasteiger partial charge in [-0.2, -0.15) is 0 Å². The lowest BCUT2D eigenvalue weighted by Gasteiger charge is -2.44. The van der Waals surface area contributed by atoms with E-state index in [1.165, 1.54) is 12.1 Å². The van der Waals surface area contributed by atoms with Crippen molar-refractivity contribution in [1.29, 1.82) is 0 Å². The maximum Gasteiger partial charge on any atom is 0.222 e. The van der Waals surface area contributed by atoms with Gasteiger partial charge >= 0.3 is 0 Å². The number of amides is 1. The van der Waals surface area contributed by atoms with Gasteiger partial charge in [-0.3, -0.25) is 14.7 Å². The van der Waals surface area contributed by atoms with Crippen LogP contribution in [-0.4, -0.2) is 71.6 Å². The summed E-state index contributed by atoms with van der Waals surface area (Å²) in [7, 11) is 0. The maximum absolute atomic E-state index is 13.7. The minimum Gasteiger partial charge on any atom is -0.389 e. The van der Waals surface area contributed by atoms with Gasteiger partial charge in [0.25, 0.3) is 0 Å². The fourth-order valence-electron chi connectivity index (χ4n) is 4.67. The van der Waals surface area contributed by atoms with Crippen LogP contribution in [0.2, 0.25) is 0 Å². The summed E-state index contributed by atoms with van der Waals surface area (Å²) in [5.74, 6) is -0.291. The number of halogens is 1. The highest BCUT2D eigenvalue weighted by Crippen LogP contribution is 2.28. The number of benzene rings is 1. The van der Waals surface area contributed by atoms with Crippen molar-refractivity contribution in [3.63, 3.8) is 0 Å². The summed E-state index contributed by atoms with van der Waals surface area (Å²) in [6, 6.07) is 10.5. The van der Waals surface area contributed by atoms with Crippen LogP contribution in [0.5, 0.6) is 0 Å². The highest BCUT2D eigenvalue weighted by atomic mass is 19.1. The van der Waals surface area contributed by atoms with Gasteiger partial charge in [-0.05, 0) is 54.7 Å². The number of pyridine rings is 1. The number of nitrogens with zero attached hydrogens (tertiary/aromatic N) is 2. The summed E-state index contributed by atoms with van der Waals surface area (Å²) in [6.45, 7) is 2.12. The number of rotatable bonds is 7. The minimum absolute atomic E-state index is 0.0219. The molecule has 4 atom stereocenters. The fourth-order valence-corrected chi connectivity index (χ4v) is 4.67. The van der Waals surface area contributed by atoms with Gasteiger partial charge in [0, 0.05) is 38.1 Å². The Morgan fingerprint density at radius 2 is 2.03 bits per heavy atom. The molecule has 4 rings (SSSR count). The van der Waals surface area contributed by atoms with Gasteiger partial charge in [0.05, 0.1) is 37.9 Å². The zero-order valence-corrected chi connectivity index (χ0v) is 18.7. The lowest BCUT2D eigenvalue weighted by atomic mass is 9.94. The molecule has 3 heterocycles. The Bertz CT molecular complexity index is 900. The number of aromatic nitrogens is 1. The van der Waals surface area contributed by atoms with Crippen molar-refractivity contribution in [2.45, 2.75) is 56.6 Å². The SMILES string of the molecule is O=C(C[C@@H]1CC[C@H]2[C@@H](COC[C@@H](O)CN2Cc2cccc(F)c2)O1)NCCc1ccncc1. The van der Waals surface area contributed by atoms with E-state index in [1.54, 1.807) is 18.5 Å². The average Bonchev–Trinajstić information content (AvgIpc) is 2.79. The topological polar surface area (TPSA) is 83.9 Å². The number of carbonyl (C=O) groups is 1. The molecule has 2 N–H and O–H groups in total. The summed E-state index contributed by atoms with van der Waals surface area (Å²) in [5.41, 5.74) is 1.99. The van der Waals surface area contributed by atoms with E-state index < -0.39 is 6.10 Å². The Balaban J connectivity index is 1.31. The standard InChI is InChI=1S/C25H32FN3O4/c26-20-3-1-2-19(12-20)14-29-15-21(30)16-32-17-24-23(29)5-4-22(33-24)13-25(31)28-11-8-18-6-9-27-10-7-18/h1-3,6-7,9-10,12,21-24,30H,4-5,8,11,13-17H2,(H,28,31)/t21-,22-,23-,24+/m0/s1. The van der Waals surface area contributed by atoms with E-state index in [4.69, 9.17) is 9.47 Å². The van der Waals surface area contributed by atoms with Crippen molar-refractivity contribution in [3.05, 3.63) is 65.7 Å². The van der Waals surface area contributed by atoms with Crippen LogP contribution in [0.25, 0.3) is 0 Å². The highest BCUT2D eigenvalue weighted by Gasteiger charge is 2.38. The number of hydrogen-bond acceptors (Lipinski definition) is 6. The molecule has 33 heavy (non-hydrogen) atoms. The summed E-state index contributed by atoms with van der Waals surface area (Å²) in [6.07, 6.45) is 5.16. The molecule has 2 saturated heterocycles. The molecule has 2 aliphatic rings. The van der Waals surface area contributed by atoms with Crippen LogP contribution >= 0.6 is 0 Å². The van der Waals surface area contributed by atoms with E-state index in [-0.39, 0.29) is 36.6 Å². The normalized spacial score (nSPS) is 26.1. The predicted octanol–water partition coefficient (Wildman–Crippen LogP) is 2.08. The molecule has 8 heteroatoms. The minimum atomic E-state index is -0.608. The average molecular weight is 458 g/mol. The van der Waals surface area contributed by atoms with Crippen LogP contribution in [0, 0.1) is 5.82 Å². The van der Waals surface area contributed by atoms with E-state index in [9.17, 15) is 14.3 Å². The second-order valence-electron chi connectivity index (χ2n) is 8.85. The molecule has 2 aliphatic heterocycles. The Morgan fingerprint density at radius 3 is 2.85 bits per heavy atom. The van der Waals surface area contributed by atoms with E-state index in [0.29, 0.717) is 32.7 Å². The summed E-state index contributed by atoms with van der Waals surface area (Å²) in [5, 5.41) is 13.3. The fraction of sp³-hybridized carbons (Fsp3) is 0.520. The Morgan fingerprint density at radius 1 is 1.18 bits per heavy atom. The number of β-amino-alcohol motifs (C(OH)–C–C–N with tert-alkyl or cyclic N) is 1. The Hall–Kier alpha value is -2.39. The maximum atomic E-state index is 13.7. The third-order valence-corrected chi connectivity index (χ3v) is 6.26. The number of fused-ring (bicyclic) bond motifs is 1. The number of carbonyl (C=O) groups excluding carboxylic acids is 1. The van der Waals surface area contributed by atoms with Crippen molar-refractivity contribution >= 4 is 5.91 Å². The van der Waals surface area contributed by atoms with Gasteiger partial charge < -0.3 is 19.9 Å². The molecule has 2 fully saturated rings. The Labute approximate surface area is 193 Å². The van der Waals surface area contributed by atoms with Crippen molar-refractivity contribution in [2.75, 3.05) is 26.3 Å². The van der Waals surface area contributed by atoms with Crippen LogP contribution in [0.3, 0.4) is 0 Å². The van der Waals surface area contributed by atoms with Gasteiger partial charge in [-0.15, -0.1) is 0 Å². The Kier molecular flexibility index (Phi) is 8.39. The number of hydrogen-bond donors (Lipinski definition) is 2. The lowest BCUT2D eigenvalue weighted by Crippen LogP contribution is -2.55. The van der Waals surface area contributed by atoms with Crippen molar-refractivity contribution < 1.29 is 23.8 Å². The van der Waals surface area contributed by atoms with E-state index >= 15 is 0 Å². The molecule has 2 aromatic rings. The molecule has 1 amide bonds. The molecule has 0 spiro atoms. The van der Waals surface area contributed by atoms with Gasteiger partial charge in [-0.1, -0.05) is 12.1 Å².